The van der Waals surface area contributed by atoms with Gasteiger partial charge in [-0.3, -0.25) is 9.59 Å². The van der Waals surface area contributed by atoms with Crippen molar-refractivity contribution in [2.24, 2.45) is 11.7 Å². The van der Waals surface area contributed by atoms with Crippen molar-refractivity contribution >= 4 is 24.2 Å². The van der Waals surface area contributed by atoms with Crippen LogP contribution in [0.25, 0.3) is 0 Å². The molecule has 1 rings (SSSR count). The lowest BCUT2D eigenvalue weighted by Gasteiger charge is -2.22. The smallest absolute Gasteiger partial charge is 0.239 e. The topological polar surface area (TPSA) is 84.2 Å². The molecule has 0 aromatic carbocycles. The van der Waals surface area contributed by atoms with Crippen molar-refractivity contribution in [2.45, 2.75) is 45.1 Å². The van der Waals surface area contributed by atoms with Crippen LogP contribution in [0.2, 0.25) is 0 Å². The van der Waals surface area contributed by atoms with Gasteiger partial charge in [0.15, 0.2) is 0 Å². The molecule has 0 radical (unpaired) electrons. The van der Waals surface area contributed by atoms with Gasteiger partial charge in [0.2, 0.25) is 11.8 Å². The van der Waals surface area contributed by atoms with Crippen LogP contribution in [0.3, 0.4) is 0 Å². The molecule has 5 nitrogen and oxygen atoms in total. The third-order valence-corrected chi connectivity index (χ3v) is 3.19. The third-order valence-electron chi connectivity index (χ3n) is 3.19. The Hall–Kier alpha value is -0.810. The first-order valence-electron chi connectivity index (χ1n) is 6.40. The van der Waals surface area contributed by atoms with Crippen LogP contribution >= 0.6 is 12.4 Å². The van der Waals surface area contributed by atoms with Gasteiger partial charge in [-0.05, 0) is 12.8 Å². The molecule has 1 aliphatic rings. The molecule has 0 aromatic rings. The van der Waals surface area contributed by atoms with Gasteiger partial charge < -0.3 is 16.4 Å². The van der Waals surface area contributed by atoms with E-state index < -0.39 is 0 Å². The summed E-state index contributed by atoms with van der Waals surface area (Å²) in [7, 11) is 0. The molecule has 18 heavy (non-hydrogen) atoms. The van der Waals surface area contributed by atoms with Gasteiger partial charge in [0.05, 0.1) is 6.54 Å². The van der Waals surface area contributed by atoms with E-state index in [0.717, 1.165) is 12.8 Å². The lowest BCUT2D eigenvalue weighted by Crippen LogP contribution is -2.44. The number of carbonyl (C=O) groups is 2. The Morgan fingerprint density at radius 3 is 2.44 bits per heavy atom. The number of amides is 2. The Labute approximate surface area is 115 Å². The van der Waals surface area contributed by atoms with Gasteiger partial charge in [-0.2, -0.15) is 0 Å². The van der Waals surface area contributed by atoms with Crippen molar-refractivity contribution in [1.82, 2.24) is 10.6 Å². The van der Waals surface area contributed by atoms with Gasteiger partial charge in [0.1, 0.15) is 0 Å². The summed E-state index contributed by atoms with van der Waals surface area (Å²) >= 11 is 0. The monoisotopic (exact) mass is 277 g/mol. The first kappa shape index (κ1) is 17.2. The summed E-state index contributed by atoms with van der Waals surface area (Å²) in [6.45, 7) is 2.10. The fourth-order valence-electron chi connectivity index (χ4n) is 1.97. The van der Waals surface area contributed by atoms with E-state index in [1.807, 2.05) is 0 Å². The van der Waals surface area contributed by atoms with Crippen molar-refractivity contribution in [1.29, 1.82) is 0 Å². The van der Waals surface area contributed by atoms with Crippen LogP contribution < -0.4 is 16.4 Å². The molecule has 0 saturated heterocycles. The highest BCUT2D eigenvalue weighted by atomic mass is 35.5. The van der Waals surface area contributed by atoms with Gasteiger partial charge in [-0.15, -0.1) is 12.4 Å². The number of rotatable bonds is 5. The second-order valence-electron chi connectivity index (χ2n) is 4.76. The summed E-state index contributed by atoms with van der Waals surface area (Å²) in [6.07, 6.45) is 5.73. The Balaban J connectivity index is 0.00000289. The maximum Gasteiger partial charge on any atom is 0.239 e. The number of hydrogen-bond acceptors (Lipinski definition) is 3. The summed E-state index contributed by atoms with van der Waals surface area (Å²) in [5, 5.41) is 5.54. The van der Waals surface area contributed by atoms with E-state index in [0.29, 0.717) is 12.6 Å². The van der Waals surface area contributed by atoms with Crippen molar-refractivity contribution in [2.75, 3.05) is 13.1 Å². The molecule has 0 aromatic heterocycles. The molecule has 0 bridgehead atoms. The molecule has 1 atom stereocenters. The van der Waals surface area contributed by atoms with Crippen LogP contribution in [0.4, 0.5) is 0 Å². The van der Waals surface area contributed by atoms with Crippen LogP contribution in [-0.4, -0.2) is 30.9 Å². The molecule has 0 aliphatic heterocycles. The quantitative estimate of drug-likeness (QED) is 0.687. The number of halogens is 1. The van der Waals surface area contributed by atoms with Crippen molar-refractivity contribution in [3.8, 4) is 0 Å². The van der Waals surface area contributed by atoms with Gasteiger partial charge in [-0.1, -0.05) is 26.2 Å². The largest absolute Gasteiger partial charge is 0.352 e. The fraction of sp³-hybridized carbons (Fsp3) is 0.833. The zero-order chi connectivity index (χ0) is 12.7. The maximum absolute atomic E-state index is 11.6. The van der Waals surface area contributed by atoms with Crippen molar-refractivity contribution in [3.63, 3.8) is 0 Å². The average Bonchev–Trinajstić information content (AvgIpc) is 2.36. The highest BCUT2D eigenvalue weighted by Gasteiger charge is 2.16. The van der Waals surface area contributed by atoms with Crippen LogP contribution in [-0.2, 0) is 9.59 Å². The number of hydrogen-bond donors (Lipinski definition) is 3. The summed E-state index contributed by atoms with van der Waals surface area (Å²) in [4.78, 5) is 23.0. The second kappa shape index (κ2) is 9.16. The minimum atomic E-state index is -0.238. The Morgan fingerprint density at radius 1 is 1.28 bits per heavy atom. The summed E-state index contributed by atoms with van der Waals surface area (Å²) < 4.78 is 0. The van der Waals surface area contributed by atoms with Gasteiger partial charge in [0.25, 0.3) is 0 Å². The zero-order valence-electron chi connectivity index (χ0n) is 10.9. The maximum atomic E-state index is 11.6. The fourth-order valence-corrected chi connectivity index (χ4v) is 1.97. The van der Waals surface area contributed by atoms with E-state index in [4.69, 9.17) is 5.73 Å². The van der Waals surface area contributed by atoms with Crippen LogP contribution in [0.5, 0.6) is 0 Å². The Kier molecular flexibility index (Phi) is 8.75. The molecule has 1 saturated carbocycles. The standard InChI is InChI=1S/C12H23N3O2.ClH/c1-9(7-13)12(17)14-8-11(16)15-10-5-3-2-4-6-10;/h9-10H,2-8,13H2,1H3,(H,14,17)(H,15,16);1H. The van der Waals surface area contributed by atoms with E-state index in [1.165, 1.54) is 19.3 Å². The second-order valence-corrected chi connectivity index (χ2v) is 4.76. The predicted molar refractivity (Wildman–Crippen MR) is 73.5 cm³/mol. The van der Waals surface area contributed by atoms with Crippen LogP contribution in [0, 0.1) is 5.92 Å². The number of nitrogens with two attached hydrogens (primary N) is 1. The summed E-state index contributed by atoms with van der Waals surface area (Å²) in [5.41, 5.74) is 5.37. The highest BCUT2D eigenvalue weighted by molar-refractivity contribution is 5.86. The van der Waals surface area contributed by atoms with E-state index >= 15 is 0 Å². The molecule has 0 heterocycles. The van der Waals surface area contributed by atoms with Gasteiger partial charge in [-0.25, -0.2) is 0 Å². The summed E-state index contributed by atoms with van der Waals surface area (Å²) in [6, 6.07) is 0.292. The van der Waals surface area contributed by atoms with Crippen LogP contribution in [0.15, 0.2) is 0 Å². The predicted octanol–water partition coefficient (Wildman–Crippen LogP) is 0.568. The minimum absolute atomic E-state index is 0. The Bertz CT molecular complexity index is 268. The number of carbonyl (C=O) groups excluding carboxylic acids is 2. The molecule has 1 unspecified atom stereocenters. The van der Waals surface area contributed by atoms with E-state index in [9.17, 15) is 9.59 Å². The molecule has 1 aliphatic carbocycles. The molecule has 6 heteroatoms. The normalized spacial score (nSPS) is 17.4. The molecule has 1 fully saturated rings. The van der Waals surface area contributed by atoms with Gasteiger partial charge >= 0.3 is 0 Å². The first-order valence-corrected chi connectivity index (χ1v) is 6.40. The first-order chi connectivity index (χ1) is 8.13. The molecular formula is C12H24ClN3O2. The Morgan fingerprint density at radius 2 is 1.89 bits per heavy atom. The van der Waals surface area contributed by atoms with Gasteiger partial charge in [0, 0.05) is 18.5 Å². The molecule has 106 valence electrons. The van der Waals surface area contributed by atoms with E-state index in [-0.39, 0.29) is 36.7 Å². The summed E-state index contributed by atoms with van der Waals surface area (Å²) in [5.74, 6) is -0.502. The molecular weight excluding hydrogens is 254 g/mol. The van der Waals surface area contributed by atoms with Crippen molar-refractivity contribution in [3.05, 3.63) is 0 Å². The van der Waals surface area contributed by atoms with E-state index in [2.05, 4.69) is 10.6 Å². The lowest BCUT2D eigenvalue weighted by atomic mass is 9.95. The van der Waals surface area contributed by atoms with Crippen molar-refractivity contribution < 1.29 is 9.59 Å². The SMILES string of the molecule is CC(CN)C(=O)NCC(=O)NC1CCCCC1.Cl. The molecule has 4 N–H and O–H groups in total. The molecule has 2 amide bonds. The number of nitrogens with one attached hydrogen (secondary N) is 2. The minimum Gasteiger partial charge on any atom is -0.352 e. The van der Waals surface area contributed by atoms with Crippen LogP contribution in [0.1, 0.15) is 39.0 Å². The van der Waals surface area contributed by atoms with E-state index in [1.54, 1.807) is 6.92 Å². The highest BCUT2D eigenvalue weighted by Crippen LogP contribution is 2.16. The molecule has 0 spiro atoms. The third kappa shape index (κ3) is 6.21. The lowest BCUT2D eigenvalue weighted by molar-refractivity contribution is -0.128. The average molecular weight is 278 g/mol. The zero-order valence-corrected chi connectivity index (χ0v) is 11.7.